The molecule has 1 atom stereocenters. The maximum atomic E-state index is 5.78. The summed E-state index contributed by atoms with van der Waals surface area (Å²) in [6.45, 7) is 3.57. The summed E-state index contributed by atoms with van der Waals surface area (Å²) in [7, 11) is 0. The highest BCUT2D eigenvalue weighted by atomic mass is 16.5. The van der Waals surface area contributed by atoms with Crippen LogP contribution in [-0.4, -0.2) is 47.3 Å². The van der Waals surface area contributed by atoms with Crippen LogP contribution in [0, 0.1) is 0 Å². The van der Waals surface area contributed by atoms with Crippen LogP contribution >= 0.6 is 0 Å². The molecule has 3 heterocycles. The van der Waals surface area contributed by atoms with Gasteiger partial charge in [0.15, 0.2) is 0 Å². The minimum Gasteiger partial charge on any atom is -0.376 e. The van der Waals surface area contributed by atoms with E-state index in [4.69, 9.17) is 10.5 Å². The molecule has 3 rings (SSSR count). The third-order valence-electron chi connectivity index (χ3n) is 3.79. The van der Waals surface area contributed by atoms with Crippen LogP contribution in [0.3, 0.4) is 0 Å². The van der Waals surface area contributed by atoms with Gasteiger partial charge in [-0.25, -0.2) is 0 Å². The number of aromatic nitrogens is 3. The number of rotatable bonds is 4. The molecule has 2 aliphatic rings. The van der Waals surface area contributed by atoms with Crippen LogP contribution in [0.5, 0.6) is 0 Å². The first-order valence-electron chi connectivity index (χ1n) is 7.43. The fourth-order valence-electron chi connectivity index (χ4n) is 2.69. The van der Waals surface area contributed by atoms with E-state index in [0.717, 1.165) is 39.1 Å². The highest BCUT2D eigenvalue weighted by molar-refractivity contribution is 5.42. The lowest BCUT2D eigenvalue weighted by Gasteiger charge is -2.23. The molecule has 1 aromatic heterocycles. The quantitative estimate of drug-likeness (QED) is 0.850. The van der Waals surface area contributed by atoms with Crippen LogP contribution in [0.1, 0.15) is 32.1 Å². The third-order valence-corrected chi connectivity index (χ3v) is 3.79. The van der Waals surface area contributed by atoms with Crippen LogP contribution in [0.2, 0.25) is 0 Å². The monoisotopic (exact) mass is 278 g/mol. The molecule has 0 spiro atoms. The Kier molecular flexibility index (Phi) is 4.15. The molecule has 0 aliphatic carbocycles. The summed E-state index contributed by atoms with van der Waals surface area (Å²) in [5.74, 6) is 1.50. The van der Waals surface area contributed by atoms with Crippen LogP contribution in [0.15, 0.2) is 0 Å². The molecule has 7 nitrogen and oxygen atoms in total. The molecule has 1 aromatic rings. The Balaban J connectivity index is 1.63. The highest BCUT2D eigenvalue weighted by Gasteiger charge is 2.18. The fraction of sp³-hybridized carbons (Fsp3) is 0.769. The van der Waals surface area contributed by atoms with Crippen molar-refractivity contribution < 1.29 is 4.74 Å². The van der Waals surface area contributed by atoms with Crippen LogP contribution in [0.25, 0.3) is 0 Å². The number of hydrogen-bond acceptors (Lipinski definition) is 7. The molecule has 0 saturated carbocycles. The molecule has 1 unspecified atom stereocenters. The number of nitrogens with zero attached hydrogens (tertiary/aromatic N) is 4. The number of hydrogen-bond donors (Lipinski definition) is 2. The molecule has 7 heteroatoms. The van der Waals surface area contributed by atoms with Crippen molar-refractivity contribution in [3.63, 3.8) is 0 Å². The Hall–Kier alpha value is -1.63. The lowest BCUT2D eigenvalue weighted by molar-refractivity contribution is 0.0246. The van der Waals surface area contributed by atoms with E-state index in [1.54, 1.807) is 0 Å². The normalized spacial score (nSPS) is 23.0. The van der Waals surface area contributed by atoms with Crippen molar-refractivity contribution in [2.24, 2.45) is 0 Å². The Morgan fingerprint density at radius 1 is 1.15 bits per heavy atom. The zero-order chi connectivity index (χ0) is 13.8. The predicted octanol–water partition coefficient (Wildman–Crippen LogP) is 1.03. The summed E-state index contributed by atoms with van der Waals surface area (Å²) < 4.78 is 5.68. The maximum Gasteiger partial charge on any atom is 0.231 e. The van der Waals surface area contributed by atoms with Gasteiger partial charge in [-0.3, -0.25) is 0 Å². The first-order valence-corrected chi connectivity index (χ1v) is 7.43. The second kappa shape index (κ2) is 6.21. The van der Waals surface area contributed by atoms with Gasteiger partial charge in [0, 0.05) is 26.2 Å². The van der Waals surface area contributed by atoms with Gasteiger partial charge in [0.05, 0.1) is 6.10 Å². The second-order valence-electron chi connectivity index (χ2n) is 5.38. The number of anilines is 3. The summed E-state index contributed by atoms with van der Waals surface area (Å²) in [4.78, 5) is 15.0. The van der Waals surface area contributed by atoms with E-state index in [0.29, 0.717) is 11.9 Å². The summed E-state index contributed by atoms with van der Waals surface area (Å²) in [5, 5.41) is 3.23. The molecule has 20 heavy (non-hydrogen) atoms. The van der Waals surface area contributed by atoms with Crippen molar-refractivity contribution in [2.45, 2.75) is 38.2 Å². The standard InChI is InChI=1S/C13H22N6O/c14-11-16-12(15-9-10-5-1-4-8-20-10)18-13(17-11)19-6-2-3-7-19/h10H,1-9H2,(H3,14,15,16,17,18). The minimum atomic E-state index is 0.247. The Labute approximate surface area is 118 Å². The van der Waals surface area contributed by atoms with Gasteiger partial charge >= 0.3 is 0 Å². The molecular weight excluding hydrogens is 256 g/mol. The SMILES string of the molecule is Nc1nc(NCC2CCCCO2)nc(N2CCCC2)n1. The van der Waals surface area contributed by atoms with E-state index in [9.17, 15) is 0 Å². The molecular formula is C13H22N6O. The number of nitrogen functional groups attached to an aromatic ring is 1. The van der Waals surface area contributed by atoms with Gasteiger partial charge in [0.2, 0.25) is 17.8 Å². The first kappa shape index (κ1) is 13.4. The van der Waals surface area contributed by atoms with Gasteiger partial charge in [-0.15, -0.1) is 0 Å². The van der Waals surface area contributed by atoms with E-state index in [1.165, 1.54) is 19.3 Å². The van der Waals surface area contributed by atoms with Gasteiger partial charge < -0.3 is 20.7 Å². The lowest BCUT2D eigenvalue weighted by Crippen LogP contribution is -2.28. The first-order chi connectivity index (χ1) is 9.81. The van der Waals surface area contributed by atoms with E-state index in [1.807, 2.05) is 0 Å². The zero-order valence-electron chi connectivity index (χ0n) is 11.7. The summed E-state index contributed by atoms with van der Waals surface area (Å²) in [5.41, 5.74) is 5.78. The number of nitrogens with one attached hydrogen (secondary N) is 1. The predicted molar refractivity (Wildman–Crippen MR) is 77.8 cm³/mol. The van der Waals surface area contributed by atoms with Crippen molar-refractivity contribution in [1.82, 2.24) is 15.0 Å². The molecule has 0 amide bonds. The van der Waals surface area contributed by atoms with E-state index in [2.05, 4.69) is 25.2 Å². The molecule has 2 fully saturated rings. The average Bonchev–Trinajstić information content (AvgIpc) is 3.00. The molecule has 0 bridgehead atoms. The van der Waals surface area contributed by atoms with Crippen molar-refractivity contribution in [2.75, 3.05) is 42.2 Å². The molecule has 0 aromatic carbocycles. The Morgan fingerprint density at radius 3 is 2.75 bits per heavy atom. The van der Waals surface area contributed by atoms with Crippen molar-refractivity contribution in [3.05, 3.63) is 0 Å². The summed E-state index contributed by atoms with van der Waals surface area (Å²) in [6.07, 6.45) is 6.09. The van der Waals surface area contributed by atoms with Gasteiger partial charge in [-0.1, -0.05) is 0 Å². The van der Waals surface area contributed by atoms with Gasteiger partial charge in [0.1, 0.15) is 0 Å². The fourth-order valence-corrected chi connectivity index (χ4v) is 2.69. The second-order valence-corrected chi connectivity index (χ2v) is 5.38. The molecule has 3 N–H and O–H groups in total. The molecule has 2 saturated heterocycles. The van der Waals surface area contributed by atoms with Crippen molar-refractivity contribution in [3.8, 4) is 0 Å². The van der Waals surface area contributed by atoms with Crippen LogP contribution in [0.4, 0.5) is 17.8 Å². The molecule has 2 aliphatic heterocycles. The highest BCUT2D eigenvalue weighted by Crippen LogP contribution is 2.18. The van der Waals surface area contributed by atoms with E-state index in [-0.39, 0.29) is 12.1 Å². The Bertz CT molecular complexity index is 442. The van der Waals surface area contributed by atoms with Gasteiger partial charge in [-0.2, -0.15) is 15.0 Å². The maximum absolute atomic E-state index is 5.78. The lowest BCUT2D eigenvalue weighted by atomic mass is 10.1. The van der Waals surface area contributed by atoms with Crippen molar-refractivity contribution >= 4 is 17.8 Å². The van der Waals surface area contributed by atoms with Crippen molar-refractivity contribution in [1.29, 1.82) is 0 Å². The molecule has 0 radical (unpaired) electrons. The zero-order valence-corrected chi connectivity index (χ0v) is 11.7. The van der Waals surface area contributed by atoms with Gasteiger partial charge in [0.25, 0.3) is 0 Å². The van der Waals surface area contributed by atoms with Crippen LogP contribution < -0.4 is 16.0 Å². The van der Waals surface area contributed by atoms with E-state index >= 15 is 0 Å². The number of nitrogens with two attached hydrogens (primary N) is 1. The van der Waals surface area contributed by atoms with Crippen LogP contribution in [-0.2, 0) is 4.74 Å². The smallest absolute Gasteiger partial charge is 0.231 e. The Morgan fingerprint density at radius 2 is 2.00 bits per heavy atom. The topological polar surface area (TPSA) is 89.2 Å². The number of ether oxygens (including phenoxy) is 1. The van der Waals surface area contributed by atoms with Gasteiger partial charge in [-0.05, 0) is 32.1 Å². The summed E-state index contributed by atoms with van der Waals surface area (Å²) >= 11 is 0. The summed E-state index contributed by atoms with van der Waals surface area (Å²) in [6, 6.07) is 0. The average molecular weight is 278 g/mol. The minimum absolute atomic E-state index is 0.247. The third kappa shape index (κ3) is 3.27. The largest absolute Gasteiger partial charge is 0.376 e. The molecule has 110 valence electrons. The van der Waals surface area contributed by atoms with E-state index < -0.39 is 0 Å².